The molecule has 1 aromatic carbocycles. The normalized spacial score (nSPS) is 15.9. The Morgan fingerprint density at radius 2 is 1.54 bits per heavy atom. The Bertz CT molecular complexity index is 1290. The van der Waals surface area contributed by atoms with Crippen molar-refractivity contribution >= 4 is 34.6 Å². The second-order valence-electron chi connectivity index (χ2n) is 9.30. The number of fused-ring (bicyclic) bond motifs is 1. The molecule has 3 amide bonds. The van der Waals surface area contributed by atoms with Crippen LogP contribution in [0.15, 0.2) is 43.0 Å². The van der Waals surface area contributed by atoms with Crippen LogP contribution in [0.1, 0.15) is 25.1 Å². The van der Waals surface area contributed by atoms with Gasteiger partial charge in [-0.15, -0.1) is 0 Å². The van der Waals surface area contributed by atoms with Crippen molar-refractivity contribution in [2.45, 2.75) is 63.1 Å². The standard InChI is InChI=1S/C25H33N7O7/c1-12(33)20(23(36)30-19(25(38)39)7-14-9-28-18-6-4-3-5-16(14)18)32-24(37)21(13(2)34)31-22(35)17(26)8-15-10-27-11-29-15/h3-6,9-13,17,19-21,28,33-34H,7-8,26H2,1-2H3,(H,27,29)(H,30,36)(H,31,35)(H,32,37)(H,38,39). The zero-order valence-electron chi connectivity index (χ0n) is 21.4. The third kappa shape index (κ3) is 7.63. The average molecular weight is 544 g/mol. The predicted octanol–water partition coefficient (Wildman–Crippen LogP) is -1.70. The van der Waals surface area contributed by atoms with Gasteiger partial charge in [0, 0.05) is 41.8 Å². The van der Waals surface area contributed by atoms with Crippen LogP contribution in [0.4, 0.5) is 0 Å². The van der Waals surface area contributed by atoms with Gasteiger partial charge in [-0.05, 0) is 25.5 Å². The molecule has 0 aliphatic carbocycles. The first-order valence-electron chi connectivity index (χ1n) is 12.3. The number of carbonyl (C=O) groups excluding carboxylic acids is 3. The van der Waals surface area contributed by atoms with Crippen LogP contribution < -0.4 is 21.7 Å². The maximum Gasteiger partial charge on any atom is 0.326 e. The van der Waals surface area contributed by atoms with Crippen molar-refractivity contribution in [3.05, 3.63) is 54.2 Å². The molecule has 3 aromatic rings. The molecule has 0 fully saturated rings. The highest BCUT2D eigenvalue weighted by Gasteiger charge is 2.34. The van der Waals surface area contributed by atoms with E-state index < -0.39 is 60.1 Å². The number of benzene rings is 1. The van der Waals surface area contributed by atoms with Gasteiger partial charge in [0.05, 0.1) is 24.6 Å². The molecule has 6 atom stereocenters. The summed E-state index contributed by atoms with van der Waals surface area (Å²) in [5.74, 6) is -3.99. The number of imidazole rings is 1. The van der Waals surface area contributed by atoms with E-state index in [4.69, 9.17) is 5.73 Å². The van der Waals surface area contributed by atoms with Crippen molar-refractivity contribution in [2.75, 3.05) is 0 Å². The molecule has 6 unspecified atom stereocenters. The highest BCUT2D eigenvalue weighted by atomic mass is 16.4. The van der Waals surface area contributed by atoms with Crippen molar-refractivity contribution in [2.24, 2.45) is 5.73 Å². The van der Waals surface area contributed by atoms with E-state index in [0.29, 0.717) is 11.3 Å². The van der Waals surface area contributed by atoms with Crippen LogP contribution in [0.3, 0.4) is 0 Å². The summed E-state index contributed by atoms with van der Waals surface area (Å²) in [5.41, 5.74) is 7.93. The van der Waals surface area contributed by atoms with Crippen molar-refractivity contribution in [1.82, 2.24) is 30.9 Å². The minimum atomic E-state index is -1.58. The van der Waals surface area contributed by atoms with Gasteiger partial charge >= 0.3 is 5.97 Å². The molecule has 0 saturated carbocycles. The minimum absolute atomic E-state index is 0.0634. The Morgan fingerprint density at radius 1 is 0.923 bits per heavy atom. The van der Waals surface area contributed by atoms with Crippen molar-refractivity contribution < 1.29 is 34.5 Å². The molecule has 14 nitrogen and oxygen atoms in total. The summed E-state index contributed by atoms with van der Waals surface area (Å²) >= 11 is 0. The highest BCUT2D eigenvalue weighted by Crippen LogP contribution is 2.19. The number of carbonyl (C=O) groups is 4. The van der Waals surface area contributed by atoms with Gasteiger partial charge in [-0.1, -0.05) is 18.2 Å². The quantitative estimate of drug-likeness (QED) is 0.119. The van der Waals surface area contributed by atoms with E-state index in [-0.39, 0.29) is 12.8 Å². The summed E-state index contributed by atoms with van der Waals surface area (Å²) < 4.78 is 0. The molecule has 0 saturated heterocycles. The number of nitrogens with zero attached hydrogens (tertiary/aromatic N) is 1. The number of nitrogens with two attached hydrogens (primary N) is 1. The smallest absolute Gasteiger partial charge is 0.326 e. The summed E-state index contributed by atoms with van der Waals surface area (Å²) in [6.45, 7) is 2.49. The van der Waals surface area contributed by atoms with Gasteiger partial charge in [0.25, 0.3) is 0 Å². The maximum atomic E-state index is 13.0. The molecule has 0 bridgehead atoms. The average Bonchev–Trinajstić information content (AvgIpc) is 3.54. The number of amides is 3. The lowest BCUT2D eigenvalue weighted by atomic mass is 10.0. The molecular weight excluding hydrogens is 510 g/mol. The third-order valence-electron chi connectivity index (χ3n) is 6.17. The van der Waals surface area contributed by atoms with E-state index in [0.717, 1.165) is 10.9 Å². The second-order valence-corrected chi connectivity index (χ2v) is 9.30. The summed E-state index contributed by atoms with van der Waals surface area (Å²) in [6, 6.07) is 1.72. The number of aliphatic carboxylic acids is 1. The van der Waals surface area contributed by atoms with Crippen molar-refractivity contribution in [3.8, 4) is 0 Å². The first-order chi connectivity index (χ1) is 18.5. The van der Waals surface area contributed by atoms with Gasteiger partial charge < -0.3 is 47.0 Å². The number of carboxylic acids is 1. The Labute approximate surface area is 223 Å². The number of para-hydroxylation sites is 1. The number of aromatic amines is 2. The van der Waals surface area contributed by atoms with Crippen LogP contribution in [0.2, 0.25) is 0 Å². The number of hydrogen-bond donors (Lipinski definition) is 9. The fourth-order valence-electron chi connectivity index (χ4n) is 4.02. The molecule has 210 valence electrons. The minimum Gasteiger partial charge on any atom is -0.480 e. The largest absolute Gasteiger partial charge is 0.480 e. The molecule has 39 heavy (non-hydrogen) atoms. The Balaban J connectivity index is 1.67. The Hall–Kier alpha value is -4.27. The maximum absolute atomic E-state index is 13.0. The molecule has 3 rings (SSSR count). The van der Waals surface area contributed by atoms with Gasteiger partial charge in [-0.25, -0.2) is 9.78 Å². The van der Waals surface area contributed by atoms with E-state index in [9.17, 15) is 34.5 Å². The molecular formula is C25H33N7O7. The second kappa shape index (κ2) is 13.0. The van der Waals surface area contributed by atoms with E-state index in [1.165, 1.54) is 26.4 Å². The van der Waals surface area contributed by atoms with Crippen LogP contribution in [-0.4, -0.2) is 90.3 Å². The third-order valence-corrected chi connectivity index (χ3v) is 6.17. The topological polar surface area (TPSA) is 236 Å². The van der Waals surface area contributed by atoms with Gasteiger partial charge in [-0.2, -0.15) is 0 Å². The fourth-order valence-corrected chi connectivity index (χ4v) is 4.02. The molecule has 0 spiro atoms. The number of H-pyrrole nitrogens is 2. The van der Waals surface area contributed by atoms with Crippen LogP contribution >= 0.6 is 0 Å². The van der Waals surface area contributed by atoms with E-state index in [1.54, 1.807) is 12.3 Å². The molecule has 2 heterocycles. The number of hydrogen-bond acceptors (Lipinski definition) is 8. The lowest BCUT2D eigenvalue weighted by Gasteiger charge is -2.27. The molecule has 0 aliphatic rings. The monoisotopic (exact) mass is 543 g/mol. The van der Waals surface area contributed by atoms with Crippen LogP contribution in [0, 0.1) is 0 Å². The van der Waals surface area contributed by atoms with E-state index in [1.807, 2.05) is 18.2 Å². The van der Waals surface area contributed by atoms with Crippen LogP contribution in [0.5, 0.6) is 0 Å². The van der Waals surface area contributed by atoms with Gasteiger partial charge in [0.2, 0.25) is 17.7 Å². The zero-order chi connectivity index (χ0) is 28.7. The number of rotatable bonds is 13. The van der Waals surface area contributed by atoms with Crippen molar-refractivity contribution in [3.63, 3.8) is 0 Å². The number of carboxylic acid groups (broad SMARTS) is 1. The number of aromatic nitrogens is 3. The summed E-state index contributed by atoms with van der Waals surface area (Å²) in [7, 11) is 0. The highest BCUT2D eigenvalue weighted by molar-refractivity contribution is 5.95. The number of aliphatic hydroxyl groups is 2. The molecule has 2 aromatic heterocycles. The van der Waals surface area contributed by atoms with Gasteiger partial charge in [0.15, 0.2) is 0 Å². The number of aliphatic hydroxyl groups excluding tert-OH is 2. The summed E-state index contributed by atoms with van der Waals surface area (Å²) in [6.07, 6.45) is 1.75. The predicted molar refractivity (Wildman–Crippen MR) is 139 cm³/mol. The SMILES string of the molecule is CC(O)C(NC(=O)C(N)Cc1cnc[nH]1)C(=O)NC(C(=O)NC(Cc1c[nH]c2ccccc12)C(=O)O)C(C)O. The fraction of sp³-hybridized carbons (Fsp3) is 0.400. The van der Waals surface area contributed by atoms with Crippen LogP contribution in [-0.2, 0) is 32.0 Å². The van der Waals surface area contributed by atoms with E-state index in [2.05, 4.69) is 30.9 Å². The summed E-state index contributed by atoms with van der Waals surface area (Å²) in [5, 5.41) is 37.8. The lowest BCUT2D eigenvalue weighted by Crippen LogP contribution is -2.62. The molecule has 0 radical (unpaired) electrons. The summed E-state index contributed by atoms with van der Waals surface area (Å²) in [4.78, 5) is 60.1. The zero-order valence-corrected chi connectivity index (χ0v) is 21.4. The van der Waals surface area contributed by atoms with E-state index >= 15 is 0 Å². The molecule has 10 N–H and O–H groups in total. The number of nitrogens with one attached hydrogen (secondary N) is 5. The van der Waals surface area contributed by atoms with Crippen LogP contribution in [0.25, 0.3) is 10.9 Å². The molecule has 0 aliphatic heterocycles. The Kier molecular flexibility index (Phi) is 9.76. The first kappa shape index (κ1) is 29.3. The first-order valence-corrected chi connectivity index (χ1v) is 12.3. The van der Waals surface area contributed by atoms with Crippen molar-refractivity contribution in [1.29, 1.82) is 0 Å². The van der Waals surface area contributed by atoms with Gasteiger partial charge in [0.1, 0.15) is 18.1 Å². The molecule has 14 heteroatoms. The van der Waals surface area contributed by atoms with Gasteiger partial charge in [-0.3, -0.25) is 14.4 Å². The Morgan fingerprint density at radius 3 is 2.13 bits per heavy atom. The lowest BCUT2D eigenvalue weighted by molar-refractivity contribution is -0.143.